The van der Waals surface area contributed by atoms with Crippen molar-refractivity contribution < 1.29 is 4.39 Å². The molecule has 2 atom stereocenters. The lowest BCUT2D eigenvalue weighted by atomic mass is 9.97. The first-order valence-corrected chi connectivity index (χ1v) is 7.84. The molecule has 1 aromatic rings. The molecule has 0 aliphatic carbocycles. The zero-order valence-corrected chi connectivity index (χ0v) is 13.6. The molecule has 2 rings (SSSR count). The minimum Gasteiger partial charge on any atom is -0.363 e. The van der Waals surface area contributed by atoms with E-state index in [2.05, 4.69) is 31.0 Å². The van der Waals surface area contributed by atoms with Crippen molar-refractivity contribution in [3.05, 3.63) is 28.0 Å². The predicted octanol–water partition coefficient (Wildman–Crippen LogP) is 4.35. The van der Waals surface area contributed by atoms with Crippen molar-refractivity contribution >= 4 is 28.9 Å². The van der Waals surface area contributed by atoms with Crippen LogP contribution in [0.3, 0.4) is 0 Å². The number of anilines is 1. The van der Waals surface area contributed by atoms with Crippen LogP contribution in [-0.4, -0.2) is 25.2 Å². The third-order valence-corrected chi connectivity index (χ3v) is 4.57. The molecule has 20 heavy (non-hydrogen) atoms. The molecule has 0 aromatic heterocycles. The van der Waals surface area contributed by atoms with E-state index in [1.165, 1.54) is 12.1 Å². The fraction of sp³-hybridized carbons (Fsp3) is 0.600. The van der Waals surface area contributed by atoms with Gasteiger partial charge in [0.1, 0.15) is 5.82 Å². The van der Waals surface area contributed by atoms with Crippen LogP contribution in [0.2, 0.25) is 10.0 Å². The van der Waals surface area contributed by atoms with Gasteiger partial charge in [-0.05, 0) is 24.5 Å². The Morgan fingerprint density at radius 1 is 1.35 bits per heavy atom. The molecule has 1 aliphatic rings. The first kappa shape index (κ1) is 15.9. The lowest BCUT2D eigenvalue weighted by molar-refractivity contribution is 0.325. The van der Waals surface area contributed by atoms with Gasteiger partial charge >= 0.3 is 0 Å². The summed E-state index contributed by atoms with van der Waals surface area (Å²) in [6, 6.07) is 3.38. The van der Waals surface area contributed by atoms with Gasteiger partial charge in [-0.1, -0.05) is 44.0 Å². The van der Waals surface area contributed by atoms with Crippen LogP contribution in [0.4, 0.5) is 10.1 Å². The second-order valence-electron chi connectivity index (χ2n) is 5.69. The van der Waals surface area contributed by atoms with E-state index in [1.54, 1.807) is 0 Å². The van der Waals surface area contributed by atoms with Crippen molar-refractivity contribution in [3.63, 3.8) is 0 Å². The molecule has 1 fully saturated rings. The van der Waals surface area contributed by atoms with Crippen LogP contribution in [0.25, 0.3) is 0 Å². The normalized spacial score (nSPS) is 23.4. The Morgan fingerprint density at radius 2 is 1.95 bits per heavy atom. The van der Waals surface area contributed by atoms with Gasteiger partial charge in [-0.15, -0.1) is 0 Å². The molecule has 0 spiro atoms. The molecule has 0 radical (unpaired) electrons. The fourth-order valence-corrected chi connectivity index (χ4v) is 3.39. The standard InChI is InChI=1S/C15H21Cl2FN2/c1-4-11-7-19-14(9(2)3)8-20(11)15-12(16)5-10(18)6-13(15)17/h5-6,9,11,14,19H,4,7-8H2,1-3H3. The average molecular weight is 319 g/mol. The van der Waals surface area contributed by atoms with Crippen LogP contribution in [0, 0.1) is 11.7 Å². The number of hydrogen-bond donors (Lipinski definition) is 1. The summed E-state index contributed by atoms with van der Waals surface area (Å²) < 4.78 is 13.4. The van der Waals surface area contributed by atoms with Crippen LogP contribution in [0.1, 0.15) is 27.2 Å². The van der Waals surface area contributed by atoms with Crippen LogP contribution in [0.15, 0.2) is 12.1 Å². The largest absolute Gasteiger partial charge is 0.363 e. The number of rotatable bonds is 3. The third-order valence-electron chi connectivity index (χ3n) is 3.99. The highest BCUT2D eigenvalue weighted by atomic mass is 35.5. The number of nitrogens with one attached hydrogen (secondary N) is 1. The van der Waals surface area contributed by atoms with Gasteiger partial charge in [-0.2, -0.15) is 0 Å². The van der Waals surface area contributed by atoms with E-state index in [0.717, 1.165) is 25.2 Å². The number of benzene rings is 1. The van der Waals surface area contributed by atoms with Crippen molar-refractivity contribution in [3.8, 4) is 0 Å². The van der Waals surface area contributed by atoms with E-state index in [0.29, 0.717) is 28.0 Å². The van der Waals surface area contributed by atoms with Crippen molar-refractivity contribution in [1.82, 2.24) is 5.32 Å². The van der Waals surface area contributed by atoms with Gasteiger partial charge in [-0.3, -0.25) is 0 Å². The third kappa shape index (κ3) is 3.21. The highest BCUT2D eigenvalue weighted by Gasteiger charge is 2.30. The molecule has 0 saturated carbocycles. The lowest BCUT2D eigenvalue weighted by Crippen LogP contribution is -2.58. The molecular weight excluding hydrogens is 298 g/mol. The maximum Gasteiger partial charge on any atom is 0.126 e. The molecule has 1 N–H and O–H groups in total. The number of piperazine rings is 1. The topological polar surface area (TPSA) is 15.3 Å². The Hall–Kier alpha value is -0.510. The van der Waals surface area contributed by atoms with Gasteiger partial charge in [0.25, 0.3) is 0 Å². The summed E-state index contributed by atoms with van der Waals surface area (Å²) in [7, 11) is 0. The molecular formula is C15H21Cl2FN2. The molecule has 0 bridgehead atoms. The summed E-state index contributed by atoms with van der Waals surface area (Å²) in [6.45, 7) is 8.25. The SMILES string of the molecule is CCC1CNC(C(C)C)CN1c1c(Cl)cc(F)cc1Cl. The Labute approximate surface area is 130 Å². The molecule has 2 unspecified atom stereocenters. The quantitative estimate of drug-likeness (QED) is 0.891. The van der Waals surface area contributed by atoms with Gasteiger partial charge in [0.05, 0.1) is 15.7 Å². The monoisotopic (exact) mass is 318 g/mol. The zero-order chi connectivity index (χ0) is 14.9. The van der Waals surface area contributed by atoms with E-state index >= 15 is 0 Å². The summed E-state index contributed by atoms with van der Waals surface area (Å²) >= 11 is 12.5. The number of halogens is 3. The Bertz CT molecular complexity index is 456. The van der Waals surface area contributed by atoms with Gasteiger partial charge in [0.15, 0.2) is 0 Å². The summed E-state index contributed by atoms with van der Waals surface area (Å²) in [4.78, 5) is 2.23. The first-order valence-electron chi connectivity index (χ1n) is 7.08. The van der Waals surface area contributed by atoms with Crippen LogP contribution >= 0.6 is 23.2 Å². The van der Waals surface area contributed by atoms with E-state index in [1.807, 2.05) is 0 Å². The fourth-order valence-electron chi connectivity index (χ4n) is 2.72. The van der Waals surface area contributed by atoms with Gasteiger partial charge in [-0.25, -0.2) is 4.39 Å². The average Bonchev–Trinajstić information content (AvgIpc) is 2.37. The second-order valence-corrected chi connectivity index (χ2v) is 6.51. The predicted molar refractivity (Wildman–Crippen MR) is 84.5 cm³/mol. The zero-order valence-electron chi connectivity index (χ0n) is 12.1. The van der Waals surface area contributed by atoms with Gasteiger partial charge < -0.3 is 10.2 Å². The van der Waals surface area contributed by atoms with Crippen molar-refractivity contribution in [2.24, 2.45) is 5.92 Å². The molecule has 2 nitrogen and oxygen atoms in total. The van der Waals surface area contributed by atoms with E-state index in [-0.39, 0.29) is 0 Å². The van der Waals surface area contributed by atoms with Crippen LogP contribution in [0.5, 0.6) is 0 Å². The molecule has 1 heterocycles. The van der Waals surface area contributed by atoms with Crippen molar-refractivity contribution in [1.29, 1.82) is 0 Å². The maximum absolute atomic E-state index is 13.4. The maximum atomic E-state index is 13.4. The minimum absolute atomic E-state index is 0.325. The second kappa shape index (κ2) is 6.50. The summed E-state index contributed by atoms with van der Waals surface area (Å²) in [6.07, 6.45) is 0.988. The molecule has 112 valence electrons. The molecule has 0 amide bonds. The first-order chi connectivity index (χ1) is 9.43. The van der Waals surface area contributed by atoms with Crippen molar-refractivity contribution in [2.75, 3.05) is 18.0 Å². The van der Waals surface area contributed by atoms with E-state index in [9.17, 15) is 4.39 Å². The Balaban J connectivity index is 2.36. The van der Waals surface area contributed by atoms with Crippen molar-refractivity contribution in [2.45, 2.75) is 39.3 Å². The molecule has 1 saturated heterocycles. The summed E-state index contributed by atoms with van der Waals surface area (Å²) in [5.74, 6) is 0.126. The molecule has 1 aromatic carbocycles. The Kier molecular flexibility index (Phi) is 5.16. The van der Waals surface area contributed by atoms with E-state index < -0.39 is 5.82 Å². The van der Waals surface area contributed by atoms with Gasteiger partial charge in [0.2, 0.25) is 0 Å². The van der Waals surface area contributed by atoms with Crippen LogP contribution < -0.4 is 10.2 Å². The molecule has 5 heteroatoms. The molecule has 1 aliphatic heterocycles. The summed E-state index contributed by atoms with van der Waals surface area (Å²) in [5.41, 5.74) is 0.758. The summed E-state index contributed by atoms with van der Waals surface area (Å²) in [5, 5.41) is 4.34. The van der Waals surface area contributed by atoms with Crippen LogP contribution in [-0.2, 0) is 0 Å². The highest BCUT2D eigenvalue weighted by molar-refractivity contribution is 6.39. The number of nitrogens with zero attached hydrogens (tertiary/aromatic N) is 1. The van der Waals surface area contributed by atoms with Gasteiger partial charge in [0, 0.05) is 25.2 Å². The number of hydrogen-bond acceptors (Lipinski definition) is 2. The van der Waals surface area contributed by atoms with E-state index in [4.69, 9.17) is 23.2 Å². The smallest absolute Gasteiger partial charge is 0.126 e. The minimum atomic E-state index is -0.396. The Morgan fingerprint density at radius 3 is 2.45 bits per heavy atom. The lowest BCUT2D eigenvalue weighted by Gasteiger charge is -2.43. The highest BCUT2D eigenvalue weighted by Crippen LogP contribution is 2.37.